The molecular formula is C15H22BrClN2. The number of hydrogen-bond donors (Lipinski definition) is 1. The third-order valence-electron chi connectivity index (χ3n) is 3.72. The smallest absolute Gasteiger partial charge is 0.0551 e. The van der Waals surface area contributed by atoms with Gasteiger partial charge in [0.05, 0.1) is 5.02 Å². The van der Waals surface area contributed by atoms with Crippen molar-refractivity contribution in [3.8, 4) is 0 Å². The van der Waals surface area contributed by atoms with Gasteiger partial charge in [-0.15, -0.1) is 0 Å². The molecule has 1 N–H and O–H groups in total. The highest BCUT2D eigenvalue weighted by molar-refractivity contribution is 9.10. The molecule has 1 heterocycles. The Hall–Kier alpha value is -0.0900. The molecule has 1 unspecified atom stereocenters. The minimum atomic E-state index is 0.546. The van der Waals surface area contributed by atoms with Crippen LogP contribution in [-0.4, -0.2) is 30.1 Å². The van der Waals surface area contributed by atoms with Crippen molar-refractivity contribution in [2.24, 2.45) is 0 Å². The Balaban J connectivity index is 2.00. The highest BCUT2D eigenvalue weighted by Gasteiger charge is 2.19. The lowest BCUT2D eigenvalue weighted by Crippen LogP contribution is -2.40. The number of hydrogen-bond acceptors (Lipinski definition) is 2. The summed E-state index contributed by atoms with van der Waals surface area (Å²) in [6.45, 7) is 7.76. The van der Waals surface area contributed by atoms with Crippen LogP contribution in [0.4, 0.5) is 0 Å². The fraction of sp³-hybridized carbons (Fsp3) is 0.600. The maximum atomic E-state index is 6.17. The molecule has 106 valence electrons. The predicted molar refractivity (Wildman–Crippen MR) is 85.7 cm³/mol. The first-order valence-corrected chi connectivity index (χ1v) is 8.14. The second-order valence-corrected chi connectivity index (χ2v) is 6.83. The van der Waals surface area contributed by atoms with Crippen molar-refractivity contribution >= 4 is 27.5 Å². The molecule has 0 amide bonds. The Labute approximate surface area is 129 Å². The third-order valence-corrected chi connectivity index (χ3v) is 4.95. The maximum Gasteiger partial charge on any atom is 0.0551 e. The number of halogens is 2. The Morgan fingerprint density at radius 2 is 2.26 bits per heavy atom. The number of rotatable bonds is 5. The molecule has 0 radical (unpaired) electrons. The minimum absolute atomic E-state index is 0.546. The topological polar surface area (TPSA) is 15.3 Å². The monoisotopic (exact) mass is 344 g/mol. The average molecular weight is 346 g/mol. The zero-order valence-corrected chi connectivity index (χ0v) is 14.0. The highest BCUT2D eigenvalue weighted by atomic mass is 79.9. The Kier molecular flexibility index (Phi) is 5.70. The highest BCUT2D eigenvalue weighted by Crippen LogP contribution is 2.24. The van der Waals surface area contributed by atoms with Gasteiger partial charge in [0.25, 0.3) is 0 Å². The van der Waals surface area contributed by atoms with Crippen molar-refractivity contribution in [3.63, 3.8) is 0 Å². The van der Waals surface area contributed by atoms with Gasteiger partial charge >= 0.3 is 0 Å². The van der Waals surface area contributed by atoms with Crippen molar-refractivity contribution in [1.29, 1.82) is 0 Å². The van der Waals surface area contributed by atoms with E-state index in [1.807, 2.05) is 6.07 Å². The lowest BCUT2D eigenvalue weighted by Gasteiger charge is -2.29. The molecule has 19 heavy (non-hydrogen) atoms. The van der Waals surface area contributed by atoms with E-state index in [2.05, 4.69) is 52.1 Å². The van der Waals surface area contributed by atoms with Crippen LogP contribution in [0.1, 0.15) is 32.3 Å². The summed E-state index contributed by atoms with van der Waals surface area (Å²) < 4.78 is 0.964. The summed E-state index contributed by atoms with van der Waals surface area (Å²) in [5.74, 6) is 0. The molecule has 0 saturated carbocycles. The van der Waals surface area contributed by atoms with E-state index in [-0.39, 0.29) is 0 Å². The van der Waals surface area contributed by atoms with Crippen LogP contribution in [0.2, 0.25) is 5.02 Å². The van der Waals surface area contributed by atoms with E-state index in [0.717, 1.165) is 22.6 Å². The summed E-state index contributed by atoms with van der Waals surface area (Å²) in [6.07, 6.45) is 2.60. The fourth-order valence-corrected chi connectivity index (χ4v) is 2.98. The molecule has 1 saturated heterocycles. The van der Waals surface area contributed by atoms with Gasteiger partial charge in [-0.05, 0) is 66.9 Å². The first-order chi connectivity index (χ1) is 9.06. The Morgan fingerprint density at radius 3 is 2.84 bits per heavy atom. The molecular weight excluding hydrogens is 324 g/mol. The summed E-state index contributed by atoms with van der Waals surface area (Å²) in [5.41, 5.74) is 1.28. The van der Waals surface area contributed by atoms with Crippen LogP contribution in [0, 0.1) is 0 Å². The number of nitrogens with one attached hydrogen (secondary N) is 1. The summed E-state index contributed by atoms with van der Waals surface area (Å²) in [5, 5.41) is 4.36. The van der Waals surface area contributed by atoms with Crippen LogP contribution in [0.3, 0.4) is 0 Å². The second kappa shape index (κ2) is 7.07. The van der Waals surface area contributed by atoms with Crippen LogP contribution >= 0.6 is 27.5 Å². The molecule has 1 fully saturated rings. The molecule has 0 aliphatic carbocycles. The van der Waals surface area contributed by atoms with Gasteiger partial charge in [-0.25, -0.2) is 0 Å². The molecule has 1 atom stereocenters. The van der Waals surface area contributed by atoms with E-state index < -0.39 is 0 Å². The van der Waals surface area contributed by atoms with Crippen molar-refractivity contribution in [2.45, 2.75) is 45.3 Å². The molecule has 2 nitrogen and oxygen atoms in total. The summed E-state index contributed by atoms with van der Waals surface area (Å²) in [6, 6.07) is 7.43. The van der Waals surface area contributed by atoms with Crippen LogP contribution in [0.5, 0.6) is 0 Å². The van der Waals surface area contributed by atoms with Crippen molar-refractivity contribution in [2.75, 3.05) is 13.1 Å². The van der Waals surface area contributed by atoms with Gasteiger partial charge in [-0.1, -0.05) is 17.7 Å². The van der Waals surface area contributed by atoms with E-state index >= 15 is 0 Å². The Bertz CT molecular complexity index is 417. The summed E-state index contributed by atoms with van der Waals surface area (Å²) in [4.78, 5) is 2.52. The molecule has 1 aliphatic heterocycles. The van der Waals surface area contributed by atoms with E-state index in [0.29, 0.717) is 12.1 Å². The molecule has 4 heteroatoms. The van der Waals surface area contributed by atoms with Crippen molar-refractivity contribution in [3.05, 3.63) is 33.3 Å². The largest absolute Gasteiger partial charge is 0.313 e. The standard InChI is InChI=1S/C15H22BrClN2/c1-11(2)19(10-13-4-3-7-18-13)9-12-5-6-14(16)15(17)8-12/h5-6,8,11,13,18H,3-4,7,9-10H2,1-2H3. The van der Waals surface area contributed by atoms with Crippen LogP contribution in [-0.2, 0) is 6.54 Å². The van der Waals surface area contributed by atoms with Crippen LogP contribution in [0.25, 0.3) is 0 Å². The van der Waals surface area contributed by atoms with Gasteiger partial charge < -0.3 is 5.32 Å². The van der Waals surface area contributed by atoms with Crippen LogP contribution in [0.15, 0.2) is 22.7 Å². The molecule has 1 aromatic carbocycles. The average Bonchev–Trinajstić information content (AvgIpc) is 2.86. The molecule has 0 aromatic heterocycles. The quantitative estimate of drug-likeness (QED) is 0.865. The predicted octanol–water partition coefficient (Wildman–Crippen LogP) is 4.06. The summed E-state index contributed by atoms with van der Waals surface area (Å²) >= 11 is 9.61. The van der Waals surface area contributed by atoms with Crippen molar-refractivity contribution < 1.29 is 0 Å². The van der Waals surface area contributed by atoms with E-state index in [4.69, 9.17) is 11.6 Å². The maximum absolute atomic E-state index is 6.17. The SMILES string of the molecule is CC(C)N(Cc1ccc(Br)c(Cl)c1)CC1CCCN1. The fourth-order valence-electron chi connectivity index (χ4n) is 2.53. The van der Waals surface area contributed by atoms with Gasteiger partial charge in [0, 0.05) is 29.6 Å². The number of nitrogens with zero attached hydrogens (tertiary/aromatic N) is 1. The third kappa shape index (κ3) is 4.45. The molecule has 1 aromatic rings. The minimum Gasteiger partial charge on any atom is -0.313 e. The van der Waals surface area contributed by atoms with E-state index in [9.17, 15) is 0 Å². The van der Waals surface area contributed by atoms with Gasteiger partial charge in [-0.2, -0.15) is 0 Å². The first kappa shape index (κ1) is 15.3. The lowest BCUT2D eigenvalue weighted by atomic mass is 10.1. The zero-order valence-electron chi connectivity index (χ0n) is 11.6. The Morgan fingerprint density at radius 1 is 1.47 bits per heavy atom. The van der Waals surface area contributed by atoms with E-state index in [1.165, 1.54) is 24.9 Å². The number of benzene rings is 1. The van der Waals surface area contributed by atoms with Gasteiger partial charge in [-0.3, -0.25) is 4.90 Å². The molecule has 2 rings (SSSR count). The normalized spacial score (nSPS) is 19.6. The molecule has 0 bridgehead atoms. The van der Waals surface area contributed by atoms with Gasteiger partial charge in [0.2, 0.25) is 0 Å². The molecule has 1 aliphatic rings. The zero-order chi connectivity index (χ0) is 13.8. The summed E-state index contributed by atoms with van der Waals surface area (Å²) in [7, 11) is 0. The van der Waals surface area contributed by atoms with Gasteiger partial charge in [0.15, 0.2) is 0 Å². The lowest BCUT2D eigenvalue weighted by molar-refractivity contribution is 0.194. The second-order valence-electron chi connectivity index (χ2n) is 5.56. The molecule has 0 spiro atoms. The first-order valence-electron chi connectivity index (χ1n) is 6.97. The van der Waals surface area contributed by atoms with Crippen LogP contribution < -0.4 is 5.32 Å². The van der Waals surface area contributed by atoms with Crippen molar-refractivity contribution in [1.82, 2.24) is 10.2 Å². The van der Waals surface area contributed by atoms with Gasteiger partial charge in [0.1, 0.15) is 0 Å². The van der Waals surface area contributed by atoms with E-state index in [1.54, 1.807) is 0 Å².